The van der Waals surface area contributed by atoms with Gasteiger partial charge in [-0.05, 0) is 11.6 Å². The molecular weight excluding hydrogens is 190 g/mol. The van der Waals surface area contributed by atoms with Crippen LogP contribution in [-0.4, -0.2) is 22.0 Å². The Morgan fingerprint density at radius 2 is 2.00 bits per heavy atom. The van der Waals surface area contributed by atoms with Crippen molar-refractivity contribution < 1.29 is 8.78 Å². The first kappa shape index (κ1) is 9.05. The van der Waals surface area contributed by atoms with Crippen molar-refractivity contribution in [3.8, 4) is 0 Å². The summed E-state index contributed by atoms with van der Waals surface area (Å²) in [6.07, 6.45) is -2.74. The molecule has 0 aliphatic carbocycles. The highest BCUT2D eigenvalue weighted by atomic mass is 35.5. The van der Waals surface area contributed by atoms with Gasteiger partial charge in [0, 0.05) is 7.05 Å². The molecule has 0 spiro atoms. The molecule has 1 rings (SSSR count). The van der Waals surface area contributed by atoms with Gasteiger partial charge in [-0.1, -0.05) is 0 Å². The molecule has 0 aliphatic heterocycles. The minimum absolute atomic E-state index is 0.0327. The summed E-state index contributed by atoms with van der Waals surface area (Å²) in [5, 5.41) is 2.24. The number of nitrogens with one attached hydrogen (secondary N) is 1. The van der Waals surface area contributed by atoms with E-state index < -0.39 is 12.2 Å². The fourth-order valence-corrected chi connectivity index (χ4v) is 0.741. The first-order chi connectivity index (χ1) is 5.63. The van der Waals surface area contributed by atoms with Crippen molar-refractivity contribution in [1.82, 2.24) is 15.0 Å². The highest BCUT2D eigenvalue weighted by Crippen LogP contribution is 2.16. The summed E-state index contributed by atoms with van der Waals surface area (Å²) in [6.45, 7) is 0. The van der Waals surface area contributed by atoms with Gasteiger partial charge in [-0.2, -0.15) is 15.0 Å². The average Bonchev–Trinajstić information content (AvgIpc) is 2.03. The van der Waals surface area contributed by atoms with E-state index in [0.29, 0.717) is 0 Å². The Hall–Kier alpha value is -1.04. The largest absolute Gasteiger partial charge is 0.357 e. The topological polar surface area (TPSA) is 50.7 Å². The van der Waals surface area contributed by atoms with E-state index in [0.717, 1.165) is 0 Å². The van der Waals surface area contributed by atoms with E-state index in [1.165, 1.54) is 7.05 Å². The zero-order valence-electron chi connectivity index (χ0n) is 6.05. The molecule has 0 atom stereocenters. The Labute approximate surface area is 72.0 Å². The molecule has 0 radical (unpaired) electrons. The molecule has 0 aliphatic rings. The second-order valence-electron chi connectivity index (χ2n) is 1.84. The fourth-order valence-electron chi connectivity index (χ4n) is 0.575. The van der Waals surface area contributed by atoms with Crippen LogP contribution in [0.2, 0.25) is 5.28 Å². The average molecular weight is 195 g/mol. The number of aromatic nitrogens is 3. The van der Waals surface area contributed by atoms with Gasteiger partial charge in [0.25, 0.3) is 6.43 Å². The van der Waals surface area contributed by atoms with Crippen LogP contribution in [0.1, 0.15) is 12.2 Å². The lowest BCUT2D eigenvalue weighted by atomic mass is 10.6. The number of alkyl halides is 2. The predicted octanol–water partition coefficient (Wildman–Crippen LogP) is 1.50. The predicted molar refractivity (Wildman–Crippen MR) is 39.3 cm³/mol. The summed E-state index contributed by atoms with van der Waals surface area (Å²) in [5.74, 6) is -0.593. The molecule has 0 fully saturated rings. The van der Waals surface area contributed by atoms with E-state index in [4.69, 9.17) is 11.6 Å². The first-order valence-electron chi connectivity index (χ1n) is 3.01. The summed E-state index contributed by atoms with van der Waals surface area (Å²) < 4.78 is 24.0. The molecule has 1 heterocycles. The number of hydrogen-bond donors (Lipinski definition) is 1. The molecular formula is C5H5ClF2N4. The summed E-state index contributed by atoms with van der Waals surface area (Å²) in [6, 6.07) is 0. The van der Waals surface area contributed by atoms with Gasteiger partial charge in [0.2, 0.25) is 17.1 Å². The van der Waals surface area contributed by atoms with Gasteiger partial charge in [0.1, 0.15) is 0 Å². The standard InChI is InChI=1S/C5H5ClF2N4/c1-9-5-11-3(2(7)8)10-4(6)12-5/h2H,1H3,(H,9,10,11,12). The van der Waals surface area contributed by atoms with Crippen molar-refractivity contribution in [2.45, 2.75) is 6.43 Å². The maximum Gasteiger partial charge on any atom is 0.297 e. The first-order valence-corrected chi connectivity index (χ1v) is 3.38. The Kier molecular flexibility index (Phi) is 2.69. The Balaban J connectivity index is 3.06. The molecule has 0 amide bonds. The van der Waals surface area contributed by atoms with Crippen LogP contribution in [0.5, 0.6) is 0 Å². The van der Waals surface area contributed by atoms with Crippen molar-refractivity contribution in [2.24, 2.45) is 0 Å². The number of hydrogen-bond acceptors (Lipinski definition) is 4. The van der Waals surface area contributed by atoms with Crippen molar-refractivity contribution in [2.75, 3.05) is 12.4 Å². The summed E-state index contributed by atoms with van der Waals surface area (Å²) >= 11 is 5.34. The van der Waals surface area contributed by atoms with Crippen molar-refractivity contribution in [1.29, 1.82) is 0 Å². The molecule has 0 saturated carbocycles. The number of nitrogens with zero attached hydrogens (tertiary/aromatic N) is 3. The van der Waals surface area contributed by atoms with Crippen LogP contribution >= 0.6 is 11.6 Å². The summed E-state index contributed by atoms with van der Waals surface area (Å²) in [7, 11) is 1.50. The molecule has 7 heteroatoms. The highest BCUT2D eigenvalue weighted by molar-refractivity contribution is 6.28. The fraction of sp³-hybridized carbons (Fsp3) is 0.400. The van der Waals surface area contributed by atoms with E-state index in [1.54, 1.807) is 0 Å². The van der Waals surface area contributed by atoms with Crippen LogP contribution < -0.4 is 5.32 Å². The lowest BCUT2D eigenvalue weighted by molar-refractivity contribution is 0.140. The van der Waals surface area contributed by atoms with Gasteiger partial charge in [-0.25, -0.2) is 8.78 Å². The van der Waals surface area contributed by atoms with E-state index in [9.17, 15) is 8.78 Å². The van der Waals surface area contributed by atoms with Crippen LogP contribution in [0.25, 0.3) is 0 Å². The van der Waals surface area contributed by atoms with Gasteiger partial charge >= 0.3 is 0 Å². The second-order valence-corrected chi connectivity index (χ2v) is 2.18. The van der Waals surface area contributed by atoms with Gasteiger partial charge in [0.05, 0.1) is 0 Å². The maximum atomic E-state index is 12.0. The number of anilines is 1. The van der Waals surface area contributed by atoms with Gasteiger partial charge in [-0.15, -0.1) is 0 Å². The minimum Gasteiger partial charge on any atom is -0.357 e. The van der Waals surface area contributed by atoms with Crippen LogP contribution in [0.3, 0.4) is 0 Å². The van der Waals surface area contributed by atoms with Gasteiger partial charge < -0.3 is 5.32 Å². The molecule has 1 N–H and O–H groups in total. The Bertz CT molecular complexity index is 280. The smallest absolute Gasteiger partial charge is 0.297 e. The van der Waals surface area contributed by atoms with Crippen molar-refractivity contribution in [3.63, 3.8) is 0 Å². The third kappa shape index (κ3) is 1.97. The molecule has 0 aromatic carbocycles. The van der Waals surface area contributed by atoms with Crippen LogP contribution in [0, 0.1) is 0 Å². The van der Waals surface area contributed by atoms with Gasteiger partial charge in [-0.3, -0.25) is 0 Å². The lowest BCUT2D eigenvalue weighted by Gasteiger charge is -2.01. The summed E-state index contributed by atoms with van der Waals surface area (Å²) in [5.41, 5.74) is 0. The Morgan fingerprint density at radius 1 is 1.33 bits per heavy atom. The molecule has 4 nitrogen and oxygen atoms in total. The van der Waals surface area contributed by atoms with Crippen molar-refractivity contribution in [3.05, 3.63) is 11.1 Å². The Morgan fingerprint density at radius 3 is 2.50 bits per heavy atom. The number of halogens is 3. The SMILES string of the molecule is CNc1nc(Cl)nc(C(F)F)n1. The maximum absolute atomic E-state index is 12.0. The van der Waals surface area contributed by atoms with E-state index in [1.807, 2.05) is 0 Å². The van der Waals surface area contributed by atoms with E-state index >= 15 is 0 Å². The summed E-state index contributed by atoms with van der Waals surface area (Å²) in [4.78, 5) is 10.2. The van der Waals surface area contributed by atoms with Crippen molar-refractivity contribution >= 4 is 17.5 Å². The lowest BCUT2D eigenvalue weighted by Crippen LogP contribution is -2.03. The van der Waals surface area contributed by atoms with Crippen LogP contribution in [0.15, 0.2) is 0 Å². The van der Waals surface area contributed by atoms with Crippen LogP contribution in [0.4, 0.5) is 14.7 Å². The zero-order valence-corrected chi connectivity index (χ0v) is 6.81. The van der Waals surface area contributed by atoms with Crippen LogP contribution in [-0.2, 0) is 0 Å². The normalized spacial score (nSPS) is 10.4. The molecule has 66 valence electrons. The second kappa shape index (κ2) is 3.57. The molecule has 1 aromatic rings. The highest BCUT2D eigenvalue weighted by Gasteiger charge is 2.13. The third-order valence-electron chi connectivity index (χ3n) is 1.04. The van der Waals surface area contributed by atoms with E-state index in [-0.39, 0.29) is 11.2 Å². The van der Waals surface area contributed by atoms with Gasteiger partial charge in [0.15, 0.2) is 0 Å². The third-order valence-corrected chi connectivity index (χ3v) is 1.21. The van der Waals surface area contributed by atoms with E-state index in [2.05, 4.69) is 20.3 Å². The molecule has 0 unspecified atom stereocenters. The molecule has 1 aromatic heterocycles. The monoisotopic (exact) mass is 194 g/mol. The minimum atomic E-state index is -2.74. The molecule has 0 saturated heterocycles. The molecule has 12 heavy (non-hydrogen) atoms. The quantitative estimate of drug-likeness (QED) is 0.775. The number of rotatable bonds is 2. The zero-order chi connectivity index (χ0) is 9.14. The molecule has 0 bridgehead atoms.